The van der Waals surface area contributed by atoms with Gasteiger partial charge < -0.3 is 0 Å². The standard InChI is InChI=1S/C23H19F2N3S/c1-16-8-5-6-13-20(16)28-21(14-17-9-3-2-4-10-17)26-27-23(28)29-15-18-11-7-12-19(24)22(18)25/h2-13H,14-15H2,1H3. The lowest BCUT2D eigenvalue weighted by Gasteiger charge is -2.13. The molecule has 3 aromatic carbocycles. The lowest BCUT2D eigenvalue weighted by Crippen LogP contribution is -2.05. The maximum Gasteiger partial charge on any atom is 0.196 e. The van der Waals surface area contributed by atoms with Crippen LogP contribution in [0.2, 0.25) is 0 Å². The first-order valence-electron chi connectivity index (χ1n) is 9.23. The van der Waals surface area contributed by atoms with Crippen molar-refractivity contribution in [1.29, 1.82) is 0 Å². The smallest absolute Gasteiger partial charge is 0.196 e. The van der Waals surface area contributed by atoms with Gasteiger partial charge in [0.1, 0.15) is 5.82 Å². The van der Waals surface area contributed by atoms with E-state index in [2.05, 4.69) is 10.2 Å². The van der Waals surface area contributed by atoms with E-state index in [-0.39, 0.29) is 5.75 Å². The number of hydrogen-bond donors (Lipinski definition) is 0. The van der Waals surface area contributed by atoms with E-state index in [0.29, 0.717) is 17.1 Å². The summed E-state index contributed by atoms with van der Waals surface area (Å²) in [7, 11) is 0. The van der Waals surface area contributed by atoms with Crippen LogP contribution in [0.4, 0.5) is 8.78 Å². The molecule has 146 valence electrons. The van der Waals surface area contributed by atoms with E-state index in [1.54, 1.807) is 6.07 Å². The Morgan fingerprint density at radius 3 is 2.41 bits per heavy atom. The van der Waals surface area contributed by atoms with E-state index >= 15 is 0 Å². The zero-order valence-electron chi connectivity index (χ0n) is 15.8. The molecule has 4 rings (SSSR count). The monoisotopic (exact) mass is 407 g/mol. The van der Waals surface area contributed by atoms with Crippen molar-refractivity contribution in [1.82, 2.24) is 14.8 Å². The van der Waals surface area contributed by atoms with Gasteiger partial charge in [-0.25, -0.2) is 8.78 Å². The van der Waals surface area contributed by atoms with E-state index in [4.69, 9.17) is 0 Å². The molecular weight excluding hydrogens is 388 g/mol. The molecule has 1 heterocycles. The van der Waals surface area contributed by atoms with Gasteiger partial charge in [0.25, 0.3) is 0 Å². The Morgan fingerprint density at radius 2 is 1.62 bits per heavy atom. The van der Waals surface area contributed by atoms with Crippen LogP contribution in [-0.2, 0) is 12.2 Å². The molecule has 0 bridgehead atoms. The summed E-state index contributed by atoms with van der Waals surface area (Å²) in [6, 6.07) is 22.3. The van der Waals surface area contributed by atoms with E-state index in [0.717, 1.165) is 28.7 Å². The van der Waals surface area contributed by atoms with Crippen molar-refractivity contribution < 1.29 is 8.78 Å². The molecule has 0 aliphatic rings. The second kappa shape index (κ2) is 8.57. The zero-order valence-corrected chi connectivity index (χ0v) is 16.7. The van der Waals surface area contributed by atoms with Crippen molar-refractivity contribution in [3.8, 4) is 5.69 Å². The largest absolute Gasteiger partial charge is 0.273 e. The fraction of sp³-hybridized carbons (Fsp3) is 0.130. The Labute approximate surface area is 172 Å². The molecule has 0 aliphatic carbocycles. The fourth-order valence-corrected chi connectivity index (χ4v) is 4.08. The predicted octanol–water partition coefficient (Wildman–Crippen LogP) is 5.74. The van der Waals surface area contributed by atoms with Crippen LogP contribution in [0.15, 0.2) is 78.0 Å². The van der Waals surface area contributed by atoms with Crippen molar-refractivity contribution in [3.05, 3.63) is 107 Å². The second-order valence-corrected chi connectivity index (χ2v) is 7.63. The fourth-order valence-electron chi connectivity index (χ4n) is 3.15. The summed E-state index contributed by atoms with van der Waals surface area (Å²) in [4.78, 5) is 0. The Bertz CT molecular complexity index is 1130. The summed E-state index contributed by atoms with van der Waals surface area (Å²) in [6.07, 6.45) is 0.622. The highest BCUT2D eigenvalue weighted by molar-refractivity contribution is 7.98. The van der Waals surface area contributed by atoms with Crippen LogP contribution in [0.5, 0.6) is 0 Å². The molecule has 0 amide bonds. The van der Waals surface area contributed by atoms with Crippen LogP contribution in [0, 0.1) is 18.6 Å². The molecule has 0 saturated heterocycles. The normalized spacial score (nSPS) is 11.0. The van der Waals surface area contributed by atoms with Gasteiger partial charge in [-0.05, 0) is 30.2 Å². The van der Waals surface area contributed by atoms with Crippen LogP contribution in [0.3, 0.4) is 0 Å². The van der Waals surface area contributed by atoms with Gasteiger partial charge in [0.15, 0.2) is 16.8 Å². The quantitative estimate of drug-likeness (QED) is 0.382. The minimum Gasteiger partial charge on any atom is -0.273 e. The number of nitrogens with zero attached hydrogens (tertiary/aromatic N) is 3. The third kappa shape index (κ3) is 4.22. The molecule has 1 aromatic heterocycles. The highest BCUT2D eigenvalue weighted by Gasteiger charge is 2.17. The highest BCUT2D eigenvalue weighted by atomic mass is 32.2. The Kier molecular flexibility index (Phi) is 5.71. The summed E-state index contributed by atoms with van der Waals surface area (Å²) in [5, 5.41) is 9.41. The average Bonchev–Trinajstić information content (AvgIpc) is 3.12. The number of halogens is 2. The Morgan fingerprint density at radius 1 is 0.862 bits per heavy atom. The minimum absolute atomic E-state index is 0.263. The molecule has 0 N–H and O–H groups in total. The first-order valence-corrected chi connectivity index (χ1v) is 10.2. The maximum absolute atomic E-state index is 14.1. The van der Waals surface area contributed by atoms with Crippen molar-refractivity contribution in [2.45, 2.75) is 24.3 Å². The lowest BCUT2D eigenvalue weighted by molar-refractivity contribution is 0.502. The summed E-state index contributed by atoms with van der Waals surface area (Å²) in [5.74, 6) is -0.591. The molecule has 0 spiro atoms. The molecule has 29 heavy (non-hydrogen) atoms. The molecule has 0 unspecified atom stereocenters. The summed E-state index contributed by atoms with van der Waals surface area (Å²) in [5.41, 5.74) is 3.49. The molecule has 6 heteroatoms. The van der Waals surface area contributed by atoms with Crippen LogP contribution in [0.25, 0.3) is 5.69 Å². The summed E-state index contributed by atoms with van der Waals surface area (Å²) >= 11 is 1.34. The molecule has 0 atom stereocenters. The molecule has 0 saturated carbocycles. The number of aromatic nitrogens is 3. The number of rotatable bonds is 6. The molecule has 3 nitrogen and oxygen atoms in total. The number of thioether (sulfide) groups is 1. The molecule has 0 aliphatic heterocycles. The maximum atomic E-state index is 14.1. The van der Waals surface area contributed by atoms with E-state index in [9.17, 15) is 8.78 Å². The predicted molar refractivity (Wildman–Crippen MR) is 111 cm³/mol. The van der Waals surface area contributed by atoms with Crippen molar-refractivity contribution in [2.75, 3.05) is 0 Å². The molecule has 0 radical (unpaired) electrons. The van der Waals surface area contributed by atoms with Crippen molar-refractivity contribution in [3.63, 3.8) is 0 Å². The SMILES string of the molecule is Cc1ccccc1-n1c(Cc2ccccc2)nnc1SCc1cccc(F)c1F. The van der Waals surface area contributed by atoms with E-state index < -0.39 is 11.6 Å². The van der Waals surface area contributed by atoms with Crippen LogP contribution in [-0.4, -0.2) is 14.8 Å². The number of benzene rings is 3. The topological polar surface area (TPSA) is 30.7 Å². The van der Waals surface area contributed by atoms with Gasteiger partial charge in [0.05, 0.1) is 5.69 Å². The number of para-hydroxylation sites is 1. The first-order chi connectivity index (χ1) is 14.1. The van der Waals surface area contributed by atoms with Crippen molar-refractivity contribution >= 4 is 11.8 Å². The first kappa shape index (κ1) is 19.3. The van der Waals surface area contributed by atoms with Gasteiger partial charge in [-0.15, -0.1) is 10.2 Å². The Hall–Kier alpha value is -2.99. The average molecular weight is 407 g/mol. The van der Waals surface area contributed by atoms with Gasteiger partial charge in [-0.1, -0.05) is 72.4 Å². The highest BCUT2D eigenvalue weighted by Crippen LogP contribution is 2.28. The Balaban J connectivity index is 1.70. The van der Waals surface area contributed by atoms with Gasteiger partial charge in [0.2, 0.25) is 0 Å². The van der Waals surface area contributed by atoms with E-state index in [1.807, 2.05) is 66.1 Å². The molecule has 0 fully saturated rings. The number of hydrogen-bond acceptors (Lipinski definition) is 3. The third-order valence-corrected chi connectivity index (χ3v) is 5.63. The molecular formula is C23H19F2N3S. The third-order valence-electron chi connectivity index (χ3n) is 4.65. The summed E-state index contributed by atoms with van der Waals surface area (Å²) < 4.78 is 29.6. The summed E-state index contributed by atoms with van der Waals surface area (Å²) in [6.45, 7) is 2.03. The second-order valence-electron chi connectivity index (χ2n) is 6.68. The van der Waals surface area contributed by atoms with Gasteiger partial charge in [0, 0.05) is 17.7 Å². The molecule has 4 aromatic rings. The van der Waals surface area contributed by atoms with Gasteiger partial charge >= 0.3 is 0 Å². The number of aryl methyl sites for hydroxylation is 1. The zero-order chi connectivity index (χ0) is 20.2. The van der Waals surface area contributed by atoms with E-state index in [1.165, 1.54) is 17.8 Å². The van der Waals surface area contributed by atoms with Gasteiger partial charge in [-0.2, -0.15) is 0 Å². The minimum atomic E-state index is -0.840. The van der Waals surface area contributed by atoms with Crippen LogP contribution >= 0.6 is 11.8 Å². The van der Waals surface area contributed by atoms with Crippen LogP contribution in [0.1, 0.15) is 22.5 Å². The lowest BCUT2D eigenvalue weighted by atomic mass is 10.1. The van der Waals surface area contributed by atoms with Crippen LogP contribution < -0.4 is 0 Å². The van der Waals surface area contributed by atoms with Gasteiger partial charge in [-0.3, -0.25) is 4.57 Å². The van der Waals surface area contributed by atoms with Crippen molar-refractivity contribution in [2.24, 2.45) is 0 Å².